The standard InChI is InChI=1S/C68H109N21O11/c1-35(2)28-49(83-56(90)44(69)20-15-25-76-66(70)71)59(93)84-51(30-37(5)6)61(95)88-55(39(9)10)64(98)87-52(31-40-33-79-45-21-13-11-18-42(40)45)60(94)85-53(32-41-34-80-46-22-14-12-19-43(41)46)62(96)89-54(38(7)8)63(97)86-50(29-36(3)4)58(92)81-47(23-16-26-77-67(72)73)57(91)82-48(65(99)100)24-17-27-78-68(74)75/h11-14,18-19,21-22,33-39,44,47-55,79-80H,15-17,20,23-32,69H2,1-10H3,(H,81,92)(H,82,91)(H,83,90)(H,84,93)(H,85,94)(H,86,97)(H,87,98)(H,88,95)(H,89,96)(H,99,100)(H4,70,71,76)(H4,72,73,77)(H4,74,75,78)/t44-,47-,48-,49-,50-,51-,52-,53-,54-,55-/m0/s1. The lowest BCUT2D eigenvalue weighted by molar-refractivity contribution is -0.142. The number of nitrogens with one attached hydrogen (secondary N) is 11. The van der Waals surface area contributed by atoms with Gasteiger partial charge in [-0.05, 0) is 111 Å². The maximum absolute atomic E-state index is 15.3. The Kier molecular flexibility index (Phi) is 33.6. The van der Waals surface area contributed by atoms with E-state index in [0.717, 1.165) is 21.8 Å². The second-order valence-corrected chi connectivity index (χ2v) is 27.2. The van der Waals surface area contributed by atoms with Crippen LogP contribution < -0.4 is 88.0 Å². The number of para-hydroxylation sites is 2. The molecule has 100 heavy (non-hydrogen) atoms. The Labute approximate surface area is 584 Å². The summed E-state index contributed by atoms with van der Waals surface area (Å²) in [5.41, 5.74) is 41.7. The normalized spacial score (nSPS) is 14.4. The molecule has 0 fully saturated rings. The van der Waals surface area contributed by atoms with Crippen LogP contribution in [0.2, 0.25) is 0 Å². The fourth-order valence-electron chi connectivity index (χ4n) is 11.2. The van der Waals surface area contributed by atoms with E-state index in [4.69, 9.17) is 40.1 Å². The molecule has 10 atom stereocenters. The Hall–Kier alpha value is -10.0. The number of hydrogen-bond acceptors (Lipinski definition) is 14. The van der Waals surface area contributed by atoms with E-state index < -0.39 is 131 Å². The molecule has 0 aliphatic rings. The minimum absolute atomic E-state index is 0.0435. The number of rotatable bonds is 43. The van der Waals surface area contributed by atoms with Crippen LogP contribution in [0.15, 0.2) is 75.9 Å². The number of nitrogens with zero attached hydrogens (tertiary/aromatic N) is 3. The molecule has 4 aromatic rings. The molecular weight excluding hydrogens is 1290 g/mol. The summed E-state index contributed by atoms with van der Waals surface area (Å²) in [6, 6.07) is 1.75. The minimum Gasteiger partial charge on any atom is -0.480 e. The van der Waals surface area contributed by atoms with Gasteiger partial charge >= 0.3 is 5.97 Å². The number of hydrogen-bond donors (Lipinski definition) is 19. The molecule has 0 spiro atoms. The summed E-state index contributed by atoms with van der Waals surface area (Å²) in [5, 5.41) is 36.5. The quantitative estimate of drug-likeness (QED) is 0.0155. The van der Waals surface area contributed by atoms with Gasteiger partial charge in [0.2, 0.25) is 53.2 Å². The number of benzene rings is 2. The molecule has 2 aromatic carbocycles. The number of H-pyrrole nitrogens is 2. The van der Waals surface area contributed by atoms with Gasteiger partial charge in [0.05, 0.1) is 6.04 Å². The number of aliphatic carboxylic acids is 1. The van der Waals surface area contributed by atoms with Crippen molar-refractivity contribution in [2.45, 2.75) is 200 Å². The Bertz CT molecular complexity index is 3480. The molecule has 0 unspecified atom stereocenters. The van der Waals surface area contributed by atoms with Crippen molar-refractivity contribution in [3.05, 3.63) is 72.1 Å². The highest BCUT2D eigenvalue weighted by Crippen LogP contribution is 2.23. The van der Waals surface area contributed by atoms with Gasteiger partial charge in [0.25, 0.3) is 0 Å². The first kappa shape index (κ1) is 82.4. The van der Waals surface area contributed by atoms with E-state index in [9.17, 15) is 43.5 Å². The summed E-state index contributed by atoms with van der Waals surface area (Å²) in [4.78, 5) is 161. The van der Waals surface area contributed by atoms with Gasteiger partial charge in [-0.25, -0.2) is 4.79 Å². The van der Waals surface area contributed by atoms with Crippen LogP contribution in [0.1, 0.15) is 138 Å². The van der Waals surface area contributed by atoms with Crippen LogP contribution in [0.25, 0.3) is 21.8 Å². The van der Waals surface area contributed by atoms with Crippen molar-refractivity contribution < 1.29 is 53.1 Å². The summed E-state index contributed by atoms with van der Waals surface area (Å²) < 4.78 is 0. The van der Waals surface area contributed by atoms with E-state index in [2.05, 4.69) is 72.8 Å². The van der Waals surface area contributed by atoms with Crippen LogP contribution >= 0.6 is 0 Å². The maximum Gasteiger partial charge on any atom is 0.326 e. The molecule has 9 amide bonds. The van der Waals surface area contributed by atoms with Gasteiger partial charge in [-0.2, -0.15) is 0 Å². The van der Waals surface area contributed by atoms with E-state index in [1.54, 1.807) is 53.9 Å². The molecule has 32 heteroatoms. The van der Waals surface area contributed by atoms with E-state index in [1.165, 1.54) is 0 Å². The summed E-state index contributed by atoms with van der Waals surface area (Å²) >= 11 is 0. The van der Waals surface area contributed by atoms with Gasteiger partial charge in [-0.1, -0.05) is 106 Å². The van der Waals surface area contributed by atoms with Crippen molar-refractivity contribution in [2.24, 2.45) is 84.7 Å². The summed E-state index contributed by atoms with van der Waals surface area (Å²) in [6.45, 7) is 18.2. The molecule has 0 saturated heterocycles. The predicted octanol–water partition coefficient (Wildman–Crippen LogP) is -0.179. The number of fused-ring (bicyclic) bond motifs is 2. The van der Waals surface area contributed by atoms with E-state index in [0.29, 0.717) is 17.5 Å². The number of aromatic nitrogens is 2. The van der Waals surface area contributed by atoms with Crippen LogP contribution in [-0.4, -0.2) is 172 Å². The monoisotopic (exact) mass is 1400 g/mol. The van der Waals surface area contributed by atoms with Crippen molar-refractivity contribution in [3.63, 3.8) is 0 Å². The van der Waals surface area contributed by atoms with Crippen molar-refractivity contribution >= 4 is 98.8 Å². The van der Waals surface area contributed by atoms with Gasteiger partial charge in [0, 0.05) is 66.7 Å². The Morgan fingerprint density at radius 1 is 0.390 bits per heavy atom. The average molecular weight is 1400 g/mol. The zero-order chi connectivity index (χ0) is 74.5. The Morgan fingerprint density at radius 3 is 1.08 bits per heavy atom. The Balaban J connectivity index is 1.69. The largest absolute Gasteiger partial charge is 0.480 e. The van der Waals surface area contributed by atoms with E-state index in [1.807, 2.05) is 76.2 Å². The lowest BCUT2D eigenvalue weighted by Crippen LogP contribution is -2.62. The SMILES string of the molecule is CC(C)C[C@H](NC(=O)[C@H](CC(C)C)NC(=O)[C@@H](N)CCCN=C(N)N)C(=O)N[C@H](C(=O)N[C@@H](Cc1c[nH]c2ccccc12)C(=O)N[C@@H](Cc1c[nH]c2ccccc12)C(=O)N[C@H](C(=O)N[C@@H](CC(C)C)C(=O)N[C@@H](CCCN=C(N)N)C(=O)N[C@@H](CCCN=C(N)N)C(=O)O)C(C)C)C(C)C. The molecule has 4 rings (SSSR count). The van der Waals surface area contributed by atoms with Crippen LogP contribution in [0, 0.1) is 29.6 Å². The zero-order valence-corrected chi connectivity index (χ0v) is 59.2. The average Bonchev–Trinajstić information content (AvgIpc) is 1.60. The van der Waals surface area contributed by atoms with E-state index >= 15 is 9.59 Å². The number of carbonyl (C=O) groups is 10. The molecule has 2 aromatic heterocycles. The number of carbonyl (C=O) groups excluding carboxylic acids is 9. The highest BCUT2D eigenvalue weighted by atomic mass is 16.4. The smallest absolute Gasteiger partial charge is 0.326 e. The summed E-state index contributed by atoms with van der Waals surface area (Å²) in [5.74, 6) is -10.4. The molecule has 2 heterocycles. The number of amides is 9. The number of carboxylic acids is 1. The molecule has 552 valence electrons. The summed E-state index contributed by atoms with van der Waals surface area (Å²) in [7, 11) is 0. The third-order valence-electron chi connectivity index (χ3n) is 16.4. The lowest BCUT2D eigenvalue weighted by Gasteiger charge is -2.30. The van der Waals surface area contributed by atoms with Gasteiger partial charge in [0.1, 0.15) is 54.4 Å². The topological polar surface area (TPSA) is 550 Å². The van der Waals surface area contributed by atoms with Gasteiger partial charge in [0.15, 0.2) is 17.9 Å². The van der Waals surface area contributed by atoms with Crippen molar-refractivity contribution in [1.82, 2.24) is 57.8 Å². The van der Waals surface area contributed by atoms with Gasteiger partial charge in [-0.15, -0.1) is 0 Å². The van der Waals surface area contributed by atoms with Crippen molar-refractivity contribution in [2.75, 3.05) is 19.6 Å². The van der Waals surface area contributed by atoms with Crippen LogP contribution in [-0.2, 0) is 60.8 Å². The third kappa shape index (κ3) is 27.7. The first-order valence-corrected chi connectivity index (χ1v) is 34.1. The number of aliphatic imine (C=N–C) groups is 3. The lowest BCUT2D eigenvalue weighted by atomic mass is 9.97. The van der Waals surface area contributed by atoms with E-state index in [-0.39, 0.29) is 119 Å². The first-order valence-electron chi connectivity index (χ1n) is 34.1. The highest BCUT2D eigenvalue weighted by Gasteiger charge is 2.38. The molecule has 0 radical (unpaired) electrons. The number of nitrogens with two attached hydrogens (primary N) is 7. The minimum atomic E-state index is -1.45. The molecular formula is C68H109N21O11. The molecule has 0 aliphatic heterocycles. The fraction of sp³-hybridized carbons (Fsp3) is 0.574. The molecule has 26 N–H and O–H groups in total. The Morgan fingerprint density at radius 2 is 0.690 bits per heavy atom. The van der Waals surface area contributed by atoms with Crippen LogP contribution in [0.3, 0.4) is 0 Å². The highest BCUT2D eigenvalue weighted by molar-refractivity contribution is 6.00. The molecule has 0 bridgehead atoms. The zero-order valence-electron chi connectivity index (χ0n) is 59.2. The predicted molar refractivity (Wildman–Crippen MR) is 385 cm³/mol. The molecule has 0 saturated carbocycles. The second-order valence-electron chi connectivity index (χ2n) is 27.2. The second kappa shape index (κ2) is 40.8. The number of aromatic amines is 2. The van der Waals surface area contributed by atoms with Gasteiger partial charge in [-0.3, -0.25) is 58.1 Å². The fourth-order valence-corrected chi connectivity index (χ4v) is 11.2. The summed E-state index contributed by atoms with van der Waals surface area (Å²) in [6.07, 6.45) is 4.34. The molecule has 0 aliphatic carbocycles. The van der Waals surface area contributed by atoms with Gasteiger partial charge < -0.3 is 103 Å². The third-order valence-corrected chi connectivity index (χ3v) is 16.4. The van der Waals surface area contributed by atoms with Crippen LogP contribution in [0.4, 0.5) is 0 Å². The maximum atomic E-state index is 15.3. The van der Waals surface area contributed by atoms with Crippen molar-refractivity contribution in [3.8, 4) is 0 Å². The molecule has 32 nitrogen and oxygen atoms in total. The number of carboxylic acid groups (broad SMARTS) is 1. The first-order chi connectivity index (χ1) is 47.1. The van der Waals surface area contributed by atoms with Crippen molar-refractivity contribution in [1.29, 1.82) is 0 Å². The number of guanidine groups is 3. The van der Waals surface area contributed by atoms with Crippen LogP contribution in [0.5, 0.6) is 0 Å².